The predicted octanol–water partition coefficient (Wildman–Crippen LogP) is 1.44. The van der Waals surface area contributed by atoms with Crippen LogP contribution in [0.25, 0.3) is 0 Å². The van der Waals surface area contributed by atoms with Crippen molar-refractivity contribution in [2.75, 3.05) is 0 Å². The molecule has 0 atom stereocenters. The van der Waals surface area contributed by atoms with E-state index in [1.807, 2.05) is 0 Å². The summed E-state index contributed by atoms with van der Waals surface area (Å²) in [5.74, 6) is -0.296. The van der Waals surface area contributed by atoms with Gasteiger partial charge < -0.3 is 9.84 Å². The average Bonchev–Trinajstić information content (AvgIpc) is 2.46. The molecule has 0 bridgehead atoms. The van der Waals surface area contributed by atoms with E-state index >= 15 is 0 Å². The Morgan fingerprint density at radius 2 is 1.61 bits per heavy atom. The molecule has 1 rings (SSSR count). The van der Waals surface area contributed by atoms with Gasteiger partial charge in [0.25, 0.3) is 0 Å². The highest BCUT2D eigenvalue weighted by atomic mass is 19.4. The van der Waals surface area contributed by atoms with Gasteiger partial charge in [-0.3, -0.25) is 14.9 Å². The van der Waals surface area contributed by atoms with E-state index in [4.69, 9.17) is 5.11 Å². The van der Waals surface area contributed by atoms with Crippen LogP contribution < -0.4 is 5.32 Å². The molecular weight excluding hydrogens is 259 g/mol. The first-order valence-electron chi connectivity index (χ1n) is 4.77. The van der Waals surface area contributed by atoms with E-state index < -0.39 is 17.9 Å². The first-order chi connectivity index (χ1) is 7.95. The van der Waals surface area contributed by atoms with E-state index in [1.54, 1.807) is 0 Å². The van der Waals surface area contributed by atoms with Gasteiger partial charge in [0.2, 0.25) is 17.4 Å². The van der Waals surface area contributed by atoms with Crippen LogP contribution >= 0.6 is 0 Å². The van der Waals surface area contributed by atoms with Crippen molar-refractivity contribution in [3.05, 3.63) is 0 Å². The largest absolute Gasteiger partial charge is 0.506 e. The SMILES string of the molecule is CC(C)(OC(=O)O)C(F)(F)F.O=C1CCC(=O)N1. The lowest BCUT2D eigenvalue weighted by atomic mass is 10.1. The highest BCUT2D eigenvalue weighted by Gasteiger charge is 2.51. The summed E-state index contributed by atoms with van der Waals surface area (Å²) in [5, 5.41) is 10.0. The third-order valence-corrected chi connectivity index (χ3v) is 1.88. The van der Waals surface area contributed by atoms with Crippen LogP contribution in [-0.2, 0) is 14.3 Å². The van der Waals surface area contributed by atoms with Crippen LogP contribution in [0.3, 0.4) is 0 Å². The van der Waals surface area contributed by atoms with Crippen LogP contribution in [0.4, 0.5) is 18.0 Å². The minimum absolute atomic E-state index is 0.148. The Morgan fingerprint density at radius 3 is 1.72 bits per heavy atom. The van der Waals surface area contributed by atoms with Gasteiger partial charge in [0, 0.05) is 12.8 Å². The Labute approximate surface area is 100 Å². The van der Waals surface area contributed by atoms with Gasteiger partial charge in [-0.15, -0.1) is 0 Å². The summed E-state index contributed by atoms with van der Waals surface area (Å²) in [4.78, 5) is 30.0. The Bertz CT molecular complexity index is 337. The third-order valence-electron chi connectivity index (χ3n) is 1.88. The van der Waals surface area contributed by atoms with Crippen LogP contribution in [0.5, 0.6) is 0 Å². The van der Waals surface area contributed by atoms with Crippen molar-refractivity contribution in [3.8, 4) is 0 Å². The van der Waals surface area contributed by atoms with Gasteiger partial charge in [-0.2, -0.15) is 13.2 Å². The fourth-order valence-corrected chi connectivity index (χ4v) is 0.784. The summed E-state index contributed by atoms with van der Waals surface area (Å²) in [6, 6.07) is 0. The van der Waals surface area contributed by atoms with Crippen LogP contribution in [0.2, 0.25) is 0 Å². The molecular formula is C9H12F3NO5. The number of imide groups is 1. The van der Waals surface area contributed by atoms with Crippen LogP contribution in [0.1, 0.15) is 26.7 Å². The molecule has 1 fully saturated rings. The first-order valence-corrected chi connectivity index (χ1v) is 4.77. The number of ether oxygens (including phenoxy) is 1. The fraction of sp³-hybridized carbons (Fsp3) is 0.667. The molecule has 0 aromatic rings. The van der Waals surface area contributed by atoms with Gasteiger partial charge in [-0.1, -0.05) is 0 Å². The summed E-state index contributed by atoms with van der Waals surface area (Å²) in [6.07, 6.45) is -5.87. The minimum Gasteiger partial charge on any atom is -0.450 e. The molecule has 0 spiro atoms. The molecule has 0 aromatic carbocycles. The molecule has 1 saturated heterocycles. The average molecular weight is 271 g/mol. The van der Waals surface area contributed by atoms with Crippen LogP contribution in [0.15, 0.2) is 0 Å². The molecule has 2 amide bonds. The summed E-state index contributed by atoms with van der Waals surface area (Å²) >= 11 is 0. The third kappa shape index (κ3) is 5.51. The molecule has 6 nitrogen and oxygen atoms in total. The molecule has 9 heteroatoms. The second-order valence-corrected chi connectivity index (χ2v) is 3.85. The zero-order valence-electron chi connectivity index (χ0n) is 9.63. The monoisotopic (exact) mass is 271 g/mol. The molecule has 18 heavy (non-hydrogen) atoms. The maximum absolute atomic E-state index is 11.8. The molecule has 0 radical (unpaired) electrons. The topological polar surface area (TPSA) is 92.7 Å². The lowest BCUT2D eigenvalue weighted by molar-refractivity contribution is -0.248. The molecule has 2 N–H and O–H groups in total. The lowest BCUT2D eigenvalue weighted by Gasteiger charge is -2.25. The molecule has 0 aliphatic carbocycles. The van der Waals surface area contributed by atoms with E-state index in [1.165, 1.54) is 0 Å². The first kappa shape index (κ1) is 16.2. The maximum atomic E-state index is 11.8. The standard InChI is InChI=1S/C5H7F3O3.C4H5NO2/c1-4(2,5(6,7)8)11-3(9)10;6-3-1-2-4(7)5-3/h1-2H3,(H,9,10);1-2H2,(H,5,6,7). The number of halogens is 3. The number of carbonyl (C=O) groups is 3. The minimum atomic E-state index is -4.68. The summed E-state index contributed by atoms with van der Waals surface area (Å²) in [5.41, 5.74) is -2.64. The summed E-state index contributed by atoms with van der Waals surface area (Å²) in [7, 11) is 0. The van der Waals surface area contributed by atoms with Crippen molar-refractivity contribution in [1.29, 1.82) is 0 Å². The number of amides is 2. The molecule has 104 valence electrons. The van der Waals surface area contributed by atoms with Crippen molar-refractivity contribution >= 4 is 18.0 Å². The van der Waals surface area contributed by atoms with Gasteiger partial charge in [0.15, 0.2) is 0 Å². The highest BCUT2D eigenvalue weighted by molar-refractivity contribution is 6.01. The molecule has 1 aliphatic rings. The number of hydrogen-bond donors (Lipinski definition) is 2. The molecule has 1 aliphatic heterocycles. The number of rotatable bonds is 1. The number of hydrogen-bond acceptors (Lipinski definition) is 4. The summed E-state index contributed by atoms with van der Waals surface area (Å²) < 4.78 is 39.0. The van der Waals surface area contributed by atoms with E-state index in [0.29, 0.717) is 26.7 Å². The quantitative estimate of drug-likeness (QED) is 0.556. The predicted molar refractivity (Wildman–Crippen MR) is 51.6 cm³/mol. The lowest BCUT2D eigenvalue weighted by Crippen LogP contribution is -2.43. The fourth-order valence-electron chi connectivity index (χ4n) is 0.784. The second-order valence-electron chi connectivity index (χ2n) is 3.85. The molecule has 0 unspecified atom stereocenters. The Hall–Kier alpha value is -1.80. The van der Waals surface area contributed by atoms with E-state index in [-0.39, 0.29) is 11.8 Å². The number of alkyl halides is 3. The van der Waals surface area contributed by atoms with Crippen LogP contribution in [-0.4, -0.2) is 34.9 Å². The smallest absolute Gasteiger partial charge is 0.450 e. The molecule has 0 saturated carbocycles. The highest BCUT2D eigenvalue weighted by Crippen LogP contribution is 2.32. The number of carboxylic acid groups (broad SMARTS) is 1. The normalized spacial score (nSPS) is 15.6. The molecule has 1 heterocycles. The van der Waals surface area contributed by atoms with E-state index in [0.717, 1.165) is 0 Å². The Kier molecular flexibility index (Phi) is 5.12. The second kappa shape index (κ2) is 5.69. The maximum Gasteiger partial charge on any atom is 0.506 e. The van der Waals surface area contributed by atoms with Gasteiger partial charge >= 0.3 is 12.3 Å². The Balaban J connectivity index is 0.000000351. The van der Waals surface area contributed by atoms with Gasteiger partial charge in [0.05, 0.1) is 0 Å². The van der Waals surface area contributed by atoms with Crippen molar-refractivity contribution in [1.82, 2.24) is 5.32 Å². The van der Waals surface area contributed by atoms with E-state index in [2.05, 4.69) is 10.1 Å². The molecule has 0 aromatic heterocycles. The van der Waals surface area contributed by atoms with Crippen molar-refractivity contribution in [2.45, 2.75) is 38.5 Å². The van der Waals surface area contributed by atoms with E-state index in [9.17, 15) is 27.6 Å². The van der Waals surface area contributed by atoms with Crippen LogP contribution in [0, 0.1) is 0 Å². The Morgan fingerprint density at radius 1 is 1.22 bits per heavy atom. The van der Waals surface area contributed by atoms with Crippen molar-refractivity contribution in [3.63, 3.8) is 0 Å². The van der Waals surface area contributed by atoms with Crippen molar-refractivity contribution in [2.24, 2.45) is 0 Å². The zero-order chi connectivity index (χ0) is 14.6. The zero-order valence-corrected chi connectivity index (χ0v) is 9.63. The summed E-state index contributed by atoms with van der Waals surface area (Å²) in [6.45, 7) is 1.28. The van der Waals surface area contributed by atoms with Gasteiger partial charge in [-0.05, 0) is 13.8 Å². The number of nitrogens with one attached hydrogen (secondary N) is 1. The van der Waals surface area contributed by atoms with Gasteiger partial charge in [0.1, 0.15) is 0 Å². The van der Waals surface area contributed by atoms with Crippen molar-refractivity contribution < 1.29 is 37.4 Å². The van der Waals surface area contributed by atoms with Gasteiger partial charge in [-0.25, -0.2) is 4.79 Å². The number of carbonyl (C=O) groups excluding carboxylic acids is 2.